The molecule has 3 aromatic rings. The van der Waals surface area contributed by atoms with E-state index < -0.39 is 0 Å². The molecular weight excluding hydrogens is 344 g/mol. The highest BCUT2D eigenvalue weighted by Gasteiger charge is 2.17. The monoisotopic (exact) mass is 354 g/mol. The third-order valence-corrected chi connectivity index (χ3v) is 3.65. The van der Waals surface area contributed by atoms with Crippen LogP contribution in [0.15, 0.2) is 27.2 Å². The number of aryl methyl sites for hydroxylation is 1. The van der Waals surface area contributed by atoms with E-state index >= 15 is 0 Å². The maximum absolute atomic E-state index is 6.23. The Bertz CT molecular complexity index is 765. The fourth-order valence-corrected chi connectivity index (χ4v) is 2.65. The Balaban J connectivity index is 2.13. The molecule has 0 amide bonds. The fraction of sp³-hybridized carbons (Fsp3) is 0.308. The smallest absolute Gasteiger partial charge is 0.223 e. The minimum Gasteiger partial charge on any atom is -0.340 e. The van der Waals surface area contributed by atoms with Crippen LogP contribution in [-0.2, 0) is 6.54 Å². The van der Waals surface area contributed by atoms with Crippen LogP contribution >= 0.6 is 27.5 Å². The molecule has 1 atom stereocenters. The van der Waals surface area contributed by atoms with Gasteiger partial charge in [0, 0.05) is 11.4 Å². The molecule has 1 aromatic carbocycles. The minimum atomic E-state index is -0.200. The summed E-state index contributed by atoms with van der Waals surface area (Å²) >= 11 is 9.68. The van der Waals surface area contributed by atoms with Gasteiger partial charge in [0.2, 0.25) is 5.89 Å². The highest BCUT2D eigenvalue weighted by atomic mass is 79.9. The van der Waals surface area contributed by atoms with Gasteiger partial charge < -0.3 is 9.09 Å². The summed E-state index contributed by atoms with van der Waals surface area (Å²) in [5.74, 6) is 1.96. The number of benzene rings is 1. The van der Waals surface area contributed by atoms with Crippen LogP contribution in [0.4, 0.5) is 0 Å². The van der Waals surface area contributed by atoms with Crippen LogP contribution in [0.3, 0.4) is 0 Å². The first kappa shape index (κ1) is 13.6. The maximum atomic E-state index is 6.23. The molecule has 7 heteroatoms. The Morgan fingerprint density at radius 1 is 1.40 bits per heavy atom. The summed E-state index contributed by atoms with van der Waals surface area (Å²) in [5, 5.41) is 3.73. The second-order valence-corrected chi connectivity index (χ2v) is 6.11. The Labute approximate surface area is 129 Å². The van der Waals surface area contributed by atoms with Crippen LogP contribution in [-0.4, -0.2) is 19.7 Å². The summed E-state index contributed by atoms with van der Waals surface area (Å²) in [6, 6.07) is 5.95. The highest BCUT2D eigenvalue weighted by Crippen LogP contribution is 2.27. The van der Waals surface area contributed by atoms with Crippen LogP contribution in [0.1, 0.15) is 29.8 Å². The van der Waals surface area contributed by atoms with Crippen LogP contribution in [0.2, 0.25) is 0 Å². The first-order chi connectivity index (χ1) is 9.54. The van der Waals surface area contributed by atoms with E-state index in [1.165, 1.54) is 0 Å². The molecule has 2 aromatic heterocycles. The quantitative estimate of drug-likeness (QED) is 0.670. The lowest BCUT2D eigenvalue weighted by atomic mass is 10.3. The lowest BCUT2D eigenvalue weighted by molar-refractivity contribution is 0.386. The topological polar surface area (TPSA) is 56.7 Å². The van der Waals surface area contributed by atoms with E-state index in [-0.39, 0.29) is 5.38 Å². The Kier molecular flexibility index (Phi) is 3.52. The molecule has 0 N–H and O–H groups in total. The summed E-state index contributed by atoms with van der Waals surface area (Å²) in [7, 11) is 0. The summed E-state index contributed by atoms with van der Waals surface area (Å²) in [5.41, 5.74) is 1.89. The molecule has 0 saturated heterocycles. The predicted molar refractivity (Wildman–Crippen MR) is 79.8 cm³/mol. The van der Waals surface area contributed by atoms with Crippen molar-refractivity contribution in [1.29, 1.82) is 0 Å². The highest BCUT2D eigenvalue weighted by molar-refractivity contribution is 9.10. The number of aromatic nitrogens is 4. The average molecular weight is 356 g/mol. The largest absolute Gasteiger partial charge is 0.340 e. The number of hydrogen-bond donors (Lipinski definition) is 0. The Morgan fingerprint density at radius 2 is 2.20 bits per heavy atom. The number of rotatable bonds is 3. The maximum Gasteiger partial charge on any atom is 0.223 e. The number of halogens is 2. The molecule has 0 aliphatic heterocycles. The molecular formula is C13H12BrClN4O. The molecule has 0 aliphatic rings. The Hall–Kier alpha value is -1.40. The molecule has 1 unspecified atom stereocenters. The van der Waals surface area contributed by atoms with E-state index in [9.17, 15) is 0 Å². The lowest BCUT2D eigenvalue weighted by Gasteiger charge is -2.07. The summed E-state index contributed by atoms with van der Waals surface area (Å²) in [6.45, 7) is 4.16. The van der Waals surface area contributed by atoms with Gasteiger partial charge in [-0.05, 0) is 25.1 Å². The van der Waals surface area contributed by atoms with E-state index in [4.69, 9.17) is 16.1 Å². The van der Waals surface area contributed by atoms with Crippen LogP contribution in [0, 0.1) is 6.92 Å². The first-order valence-electron chi connectivity index (χ1n) is 6.13. The van der Waals surface area contributed by atoms with Crippen molar-refractivity contribution in [3.8, 4) is 0 Å². The molecule has 0 saturated carbocycles. The molecule has 0 spiro atoms. The molecule has 20 heavy (non-hydrogen) atoms. The Morgan fingerprint density at radius 3 is 2.85 bits per heavy atom. The number of fused-ring (bicyclic) bond motifs is 1. The first-order valence-corrected chi connectivity index (χ1v) is 7.36. The van der Waals surface area contributed by atoms with E-state index in [2.05, 4.69) is 31.1 Å². The van der Waals surface area contributed by atoms with Gasteiger partial charge in [0.1, 0.15) is 5.82 Å². The summed E-state index contributed by atoms with van der Waals surface area (Å²) in [6.07, 6.45) is 0. The van der Waals surface area contributed by atoms with Gasteiger partial charge in [-0.2, -0.15) is 4.98 Å². The van der Waals surface area contributed by atoms with Gasteiger partial charge in [0.25, 0.3) is 0 Å². The van der Waals surface area contributed by atoms with Crippen LogP contribution in [0.25, 0.3) is 11.0 Å². The molecule has 0 radical (unpaired) electrons. The van der Waals surface area contributed by atoms with Gasteiger partial charge in [-0.1, -0.05) is 21.1 Å². The lowest BCUT2D eigenvalue weighted by Crippen LogP contribution is -2.07. The summed E-state index contributed by atoms with van der Waals surface area (Å²) in [4.78, 5) is 8.82. The van der Waals surface area contributed by atoms with Gasteiger partial charge in [-0.3, -0.25) is 0 Å². The second-order valence-electron chi connectivity index (χ2n) is 4.53. The van der Waals surface area contributed by atoms with Crippen molar-refractivity contribution in [2.24, 2.45) is 0 Å². The molecule has 0 bridgehead atoms. The van der Waals surface area contributed by atoms with Crippen molar-refractivity contribution >= 4 is 38.6 Å². The van der Waals surface area contributed by atoms with Gasteiger partial charge in [-0.15, -0.1) is 11.6 Å². The average Bonchev–Trinajstić information content (AvgIpc) is 2.94. The zero-order valence-corrected chi connectivity index (χ0v) is 13.3. The van der Waals surface area contributed by atoms with Crippen molar-refractivity contribution in [1.82, 2.24) is 19.7 Å². The normalized spacial score (nSPS) is 13.0. The van der Waals surface area contributed by atoms with Gasteiger partial charge in [0.15, 0.2) is 5.82 Å². The predicted octanol–water partition coefficient (Wildman–Crippen LogP) is 3.84. The fourth-order valence-electron chi connectivity index (χ4n) is 2.14. The van der Waals surface area contributed by atoms with E-state index in [1.807, 2.05) is 29.7 Å². The number of hydrogen-bond acceptors (Lipinski definition) is 4. The third-order valence-electron chi connectivity index (χ3n) is 2.96. The van der Waals surface area contributed by atoms with Crippen molar-refractivity contribution < 1.29 is 4.52 Å². The van der Waals surface area contributed by atoms with E-state index in [0.717, 1.165) is 21.3 Å². The SMILES string of the molecule is Cc1nc(Cn2c(C(C)Cl)nc3cc(Br)ccc32)no1. The standard InChI is InChI=1S/C13H12BrClN4O/c1-7(15)13-17-10-5-9(14)3-4-11(10)19(13)6-12-16-8(2)20-18-12/h3-5,7H,6H2,1-2H3. The van der Waals surface area contributed by atoms with Gasteiger partial charge >= 0.3 is 0 Å². The van der Waals surface area contributed by atoms with Crippen molar-refractivity contribution in [3.63, 3.8) is 0 Å². The zero-order chi connectivity index (χ0) is 14.3. The van der Waals surface area contributed by atoms with E-state index in [0.29, 0.717) is 18.3 Å². The third kappa shape index (κ3) is 2.45. The number of nitrogens with zero attached hydrogens (tertiary/aromatic N) is 4. The number of imidazole rings is 1. The summed E-state index contributed by atoms with van der Waals surface area (Å²) < 4.78 is 8.01. The van der Waals surface area contributed by atoms with Crippen molar-refractivity contribution in [2.45, 2.75) is 25.8 Å². The molecule has 0 aliphatic carbocycles. The molecule has 3 rings (SSSR count). The molecule has 104 valence electrons. The molecule has 2 heterocycles. The van der Waals surface area contributed by atoms with Crippen LogP contribution in [0.5, 0.6) is 0 Å². The van der Waals surface area contributed by atoms with Crippen LogP contribution < -0.4 is 0 Å². The van der Waals surface area contributed by atoms with Crippen molar-refractivity contribution in [2.75, 3.05) is 0 Å². The van der Waals surface area contributed by atoms with Crippen molar-refractivity contribution in [3.05, 3.63) is 40.2 Å². The number of alkyl halides is 1. The second kappa shape index (κ2) is 5.18. The van der Waals surface area contributed by atoms with Gasteiger partial charge in [0.05, 0.1) is 23.0 Å². The zero-order valence-electron chi connectivity index (χ0n) is 11.0. The minimum absolute atomic E-state index is 0.200. The molecule has 0 fully saturated rings. The van der Waals surface area contributed by atoms with Gasteiger partial charge in [-0.25, -0.2) is 4.98 Å². The molecule has 5 nitrogen and oxygen atoms in total. The van der Waals surface area contributed by atoms with E-state index in [1.54, 1.807) is 6.92 Å².